The van der Waals surface area contributed by atoms with E-state index in [2.05, 4.69) is 27.7 Å². The van der Waals surface area contributed by atoms with Crippen LogP contribution in [0.2, 0.25) is 0 Å². The van der Waals surface area contributed by atoms with Crippen LogP contribution in [0.15, 0.2) is 0 Å². The first-order valence-corrected chi connectivity index (χ1v) is 13.2. The van der Waals surface area contributed by atoms with Gasteiger partial charge in [-0.2, -0.15) is 0 Å². The Hall–Kier alpha value is -0.160. The molecule has 0 amide bonds. The van der Waals surface area contributed by atoms with Crippen LogP contribution in [0, 0.1) is 39.9 Å². The van der Waals surface area contributed by atoms with Gasteiger partial charge in [0.15, 0.2) is 0 Å². The van der Waals surface area contributed by atoms with Crippen molar-refractivity contribution in [2.24, 2.45) is 39.9 Å². The van der Waals surface area contributed by atoms with Crippen molar-refractivity contribution >= 4 is 0 Å². The normalized spacial score (nSPS) is 51.5. The number of ether oxygens (including phenoxy) is 4. The summed E-state index contributed by atoms with van der Waals surface area (Å²) in [5, 5.41) is 0. The monoisotopic (exact) mass is 432 g/mol. The minimum atomic E-state index is 0.383. The fourth-order valence-corrected chi connectivity index (χ4v) is 9.34. The average Bonchev–Trinajstić information content (AvgIpc) is 3.64. The van der Waals surface area contributed by atoms with E-state index in [0.29, 0.717) is 40.7 Å². The molecule has 0 radical (unpaired) electrons. The summed E-state index contributed by atoms with van der Waals surface area (Å²) < 4.78 is 23.6. The molecule has 8 unspecified atom stereocenters. The predicted molar refractivity (Wildman–Crippen MR) is 120 cm³/mol. The van der Waals surface area contributed by atoms with E-state index in [0.717, 1.165) is 50.1 Å². The summed E-state index contributed by atoms with van der Waals surface area (Å²) in [5.41, 5.74) is 1.39. The molecule has 0 aromatic heterocycles. The number of hydrogen-bond donors (Lipinski definition) is 0. The lowest BCUT2D eigenvalue weighted by Crippen LogP contribution is -2.42. The molecular weight excluding hydrogens is 388 g/mol. The first-order chi connectivity index (χ1) is 14.8. The molecule has 6 rings (SSSR count). The van der Waals surface area contributed by atoms with Gasteiger partial charge in [0.2, 0.25) is 0 Å². The van der Waals surface area contributed by atoms with Crippen LogP contribution in [0.5, 0.6) is 0 Å². The Labute approximate surface area is 189 Å². The van der Waals surface area contributed by atoms with Gasteiger partial charge in [-0.15, -0.1) is 0 Å². The Morgan fingerprint density at radius 3 is 1.45 bits per heavy atom. The molecule has 6 fully saturated rings. The topological polar surface area (TPSA) is 43.5 Å². The molecule has 176 valence electrons. The SMILES string of the molecule is CC1(C)CC2(CC(C)(C)C3CCC(OCC4CO4)CC32)C2CC(OCC3CO3)CCC21. The highest BCUT2D eigenvalue weighted by atomic mass is 16.6. The van der Waals surface area contributed by atoms with Crippen molar-refractivity contribution in [3.63, 3.8) is 0 Å². The number of hydrogen-bond acceptors (Lipinski definition) is 4. The molecule has 2 aliphatic heterocycles. The van der Waals surface area contributed by atoms with E-state index in [9.17, 15) is 0 Å². The molecule has 0 bridgehead atoms. The molecule has 4 aliphatic carbocycles. The van der Waals surface area contributed by atoms with E-state index in [1.54, 1.807) is 0 Å². The standard InChI is InChI=1S/C27H44O4/c1-25(2)15-27(23-9-17(5-7-21(23)25)28-11-19-13-30-19)16-26(3,4)22-8-6-18(10-24(22)27)29-12-20-14-31-20/h17-24H,5-16H2,1-4H3. The van der Waals surface area contributed by atoms with Crippen LogP contribution >= 0.6 is 0 Å². The van der Waals surface area contributed by atoms with Crippen molar-refractivity contribution < 1.29 is 18.9 Å². The second-order valence-electron chi connectivity index (χ2n) is 13.4. The number of fused-ring (bicyclic) bond motifs is 4. The Morgan fingerprint density at radius 2 is 1.06 bits per heavy atom. The van der Waals surface area contributed by atoms with Crippen molar-refractivity contribution in [2.75, 3.05) is 26.4 Å². The lowest BCUT2D eigenvalue weighted by Gasteiger charge is -2.47. The minimum absolute atomic E-state index is 0.383. The van der Waals surface area contributed by atoms with Gasteiger partial charge >= 0.3 is 0 Å². The van der Waals surface area contributed by atoms with Gasteiger partial charge in [0.1, 0.15) is 12.2 Å². The molecular formula is C27H44O4. The van der Waals surface area contributed by atoms with Gasteiger partial charge in [-0.1, -0.05) is 27.7 Å². The van der Waals surface area contributed by atoms with Crippen LogP contribution in [0.3, 0.4) is 0 Å². The van der Waals surface area contributed by atoms with Crippen LogP contribution in [0.1, 0.15) is 79.1 Å². The molecule has 4 nitrogen and oxygen atoms in total. The third-order valence-corrected chi connectivity index (χ3v) is 10.5. The smallest absolute Gasteiger partial charge is 0.104 e. The largest absolute Gasteiger partial charge is 0.375 e. The summed E-state index contributed by atoms with van der Waals surface area (Å²) in [5.74, 6) is 3.36. The molecule has 4 heteroatoms. The second-order valence-corrected chi connectivity index (χ2v) is 13.4. The van der Waals surface area contributed by atoms with E-state index in [1.807, 2.05) is 0 Å². The molecule has 2 heterocycles. The third-order valence-electron chi connectivity index (χ3n) is 10.5. The maximum absolute atomic E-state index is 6.40. The Balaban J connectivity index is 1.25. The number of epoxide rings is 2. The van der Waals surface area contributed by atoms with Crippen molar-refractivity contribution in [1.82, 2.24) is 0 Å². The Bertz CT molecular complexity index is 621. The van der Waals surface area contributed by atoms with Gasteiger partial charge in [-0.05, 0) is 91.3 Å². The van der Waals surface area contributed by atoms with Crippen LogP contribution in [0.25, 0.3) is 0 Å². The van der Waals surface area contributed by atoms with Gasteiger partial charge in [0, 0.05) is 0 Å². The molecule has 0 aromatic rings. The summed E-state index contributed by atoms with van der Waals surface area (Å²) in [7, 11) is 0. The van der Waals surface area contributed by atoms with Crippen LogP contribution in [-0.2, 0) is 18.9 Å². The van der Waals surface area contributed by atoms with E-state index >= 15 is 0 Å². The molecule has 1 spiro atoms. The molecule has 6 aliphatic rings. The fraction of sp³-hybridized carbons (Fsp3) is 1.00. The Morgan fingerprint density at radius 1 is 0.645 bits per heavy atom. The van der Waals surface area contributed by atoms with Crippen molar-refractivity contribution in [3.05, 3.63) is 0 Å². The zero-order valence-corrected chi connectivity index (χ0v) is 20.2. The van der Waals surface area contributed by atoms with Crippen molar-refractivity contribution in [3.8, 4) is 0 Å². The zero-order chi connectivity index (χ0) is 21.4. The summed E-state index contributed by atoms with van der Waals surface area (Å²) in [6.07, 6.45) is 12.2. The van der Waals surface area contributed by atoms with Crippen LogP contribution in [0.4, 0.5) is 0 Å². The molecule has 2 saturated heterocycles. The van der Waals surface area contributed by atoms with Crippen molar-refractivity contribution in [1.29, 1.82) is 0 Å². The first-order valence-electron chi connectivity index (χ1n) is 13.2. The maximum atomic E-state index is 6.40. The molecule has 0 N–H and O–H groups in total. The van der Waals surface area contributed by atoms with Gasteiger partial charge in [-0.25, -0.2) is 0 Å². The quantitative estimate of drug-likeness (QED) is 0.539. The van der Waals surface area contributed by atoms with E-state index < -0.39 is 0 Å². The highest BCUT2D eigenvalue weighted by Crippen LogP contribution is 2.74. The Kier molecular flexibility index (Phi) is 5.12. The number of rotatable bonds is 6. The zero-order valence-electron chi connectivity index (χ0n) is 20.2. The summed E-state index contributed by atoms with van der Waals surface area (Å²) in [6.45, 7) is 13.8. The average molecular weight is 433 g/mol. The first kappa shape index (κ1) is 21.4. The minimum Gasteiger partial charge on any atom is -0.375 e. The summed E-state index contributed by atoms with van der Waals surface area (Å²) >= 11 is 0. The van der Waals surface area contributed by atoms with Crippen LogP contribution in [-0.4, -0.2) is 50.8 Å². The van der Waals surface area contributed by atoms with E-state index in [4.69, 9.17) is 18.9 Å². The summed E-state index contributed by atoms with van der Waals surface area (Å²) in [4.78, 5) is 0. The highest BCUT2D eigenvalue weighted by molar-refractivity contribution is 5.17. The van der Waals surface area contributed by atoms with Gasteiger partial charge in [0.25, 0.3) is 0 Å². The third kappa shape index (κ3) is 3.82. The molecule has 0 aromatic carbocycles. The lowest BCUT2D eigenvalue weighted by molar-refractivity contribution is -0.0627. The van der Waals surface area contributed by atoms with Crippen LogP contribution < -0.4 is 0 Å². The van der Waals surface area contributed by atoms with Gasteiger partial charge in [0.05, 0.1) is 38.6 Å². The fourth-order valence-electron chi connectivity index (χ4n) is 9.34. The van der Waals surface area contributed by atoms with Crippen molar-refractivity contribution in [2.45, 2.75) is 103 Å². The molecule has 4 saturated carbocycles. The maximum Gasteiger partial charge on any atom is 0.104 e. The second kappa shape index (κ2) is 7.42. The molecule has 8 atom stereocenters. The molecule has 31 heavy (non-hydrogen) atoms. The summed E-state index contributed by atoms with van der Waals surface area (Å²) in [6, 6.07) is 0. The highest BCUT2D eigenvalue weighted by Gasteiger charge is 2.68. The van der Waals surface area contributed by atoms with E-state index in [-0.39, 0.29) is 0 Å². The van der Waals surface area contributed by atoms with Gasteiger partial charge < -0.3 is 18.9 Å². The predicted octanol–water partition coefficient (Wildman–Crippen LogP) is 5.23. The van der Waals surface area contributed by atoms with Gasteiger partial charge in [-0.3, -0.25) is 0 Å². The lowest BCUT2D eigenvalue weighted by atomic mass is 9.60. The van der Waals surface area contributed by atoms with E-state index in [1.165, 1.54) is 51.4 Å².